The van der Waals surface area contributed by atoms with Gasteiger partial charge in [0.1, 0.15) is 23.3 Å². The normalized spacial score (nSPS) is 15.2. The van der Waals surface area contributed by atoms with Gasteiger partial charge in [-0.2, -0.15) is 5.26 Å². The van der Waals surface area contributed by atoms with Gasteiger partial charge in [-0.25, -0.2) is 0 Å². The van der Waals surface area contributed by atoms with E-state index in [1.165, 1.54) is 6.07 Å². The van der Waals surface area contributed by atoms with Gasteiger partial charge < -0.3 is 19.9 Å². The number of carboxylic acid groups (broad SMARTS) is 1. The molecule has 2 N–H and O–H groups in total. The molecule has 7 nitrogen and oxygen atoms in total. The fraction of sp³-hybridized carbons (Fsp3) is 0.222. The summed E-state index contributed by atoms with van der Waals surface area (Å²) in [6.45, 7) is 2.85. The fourth-order valence-electron chi connectivity index (χ4n) is 3.89. The topological polar surface area (TPSA) is 109 Å². The monoisotopic (exact) mass is 456 g/mol. The number of hydrogen-bond donors (Lipinski definition) is 2. The van der Waals surface area contributed by atoms with Crippen LogP contribution in [0.4, 0.5) is 0 Å². The third kappa shape index (κ3) is 5.02. The van der Waals surface area contributed by atoms with Crippen molar-refractivity contribution in [1.29, 1.82) is 5.26 Å². The number of carbonyl (C=O) groups excluding carboxylic acids is 1. The Hall–Kier alpha value is -4.31. The van der Waals surface area contributed by atoms with Gasteiger partial charge in [0.05, 0.1) is 18.1 Å². The number of nitrogens with one attached hydrogen (secondary N) is 1. The summed E-state index contributed by atoms with van der Waals surface area (Å²) in [6.07, 6.45) is 0.348. The standard InChI is InChI=1S/C27H24N2O5/c1-17(18-5-3-2-4-6-18)16-29-26(30)19-7-9-21(10-8-19)34-24-14-25-23(13-20(24)15-28)22(27(31)32)11-12-33-25/h2-10,13-14,17,22H,11-12,16H2,1H3,(H,29,30)(H,31,32)/t17-,22?/m0/s1. The number of aliphatic carboxylic acids is 1. The maximum absolute atomic E-state index is 12.5. The number of rotatable bonds is 7. The van der Waals surface area contributed by atoms with E-state index in [2.05, 4.69) is 18.3 Å². The van der Waals surface area contributed by atoms with E-state index in [0.29, 0.717) is 35.6 Å². The number of carboxylic acids is 1. The van der Waals surface area contributed by atoms with Crippen LogP contribution < -0.4 is 14.8 Å². The minimum atomic E-state index is -0.950. The van der Waals surface area contributed by atoms with Crippen LogP contribution in [-0.2, 0) is 4.79 Å². The molecule has 0 saturated carbocycles. The number of ether oxygens (including phenoxy) is 2. The van der Waals surface area contributed by atoms with Crippen LogP contribution in [0, 0.1) is 11.3 Å². The average molecular weight is 456 g/mol. The Balaban J connectivity index is 1.44. The highest BCUT2D eigenvalue weighted by Gasteiger charge is 2.29. The molecule has 34 heavy (non-hydrogen) atoms. The zero-order valence-corrected chi connectivity index (χ0v) is 18.7. The van der Waals surface area contributed by atoms with Crippen LogP contribution >= 0.6 is 0 Å². The predicted octanol–water partition coefficient (Wildman–Crippen LogP) is 4.83. The third-order valence-electron chi connectivity index (χ3n) is 5.85. The summed E-state index contributed by atoms with van der Waals surface area (Å²) in [6, 6.07) is 21.7. The van der Waals surface area contributed by atoms with E-state index in [-0.39, 0.29) is 29.7 Å². The lowest BCUT2D eigenvalue weighted by atomic mass is 9.91. The minimum Gasteiger partial charge on any atom is -0.493 e. The molecule has 0 radical (unpaired) electrons. The maximum atomic E-state index is 12.5. The van der Waals surface area contributed by atoms with Crippen LogP contribution in [0.1, 0.15) is 52.2 Å². The van der Waals surface area contributed by atoms with Gasteiger partial charge in [-0.05, 0) is 48.2 Å². The largest absolute Gasteiger partial charge is 0.493 e. The number of hydrogen-bond acceptors (Lipinski definition) is 5. The quantitative estimate of drug-likeness (QED) is 0.527. The summed E-state index contributed by atoms with van der Waals surface area (Å²) in [5.41, 5.74) is 2.33. The van der Waals surface area contributed by atoms with Crippen molar-refractivity contribution in [2.75, 3.05) is 13.2 Å². The van der Waals surface area contributed by atoms with Gasteiger partial charge in [0.25, 0.3) is 5.91 Å². The lowest BCUT2D eigenvalue weighted by Crippen LogP contribution is -2.27. The van der Waals surface area contributed by atoms with Gasteiger partial charge in [0.15, 0.2) is 0 Å². The second-order valence-electron chi connectivity index (χ2n) is 8.17. The van der Waals surface area contributed by atoms with Crippen LogP contribution in [0.25, 0.3) is 0 Å². The molecule has 1 unspecified atom stereocenters. The molecule has 0 aliphatic carbocycles. The van der Waals surface area contributed by atoms with Gasteiger partial charge in [0, 0.05) is 23.7 Å². The van der Waals surface area contributed by atoms with Crippen LogP contribution in [0.15, 0.2) is 66.7 Å². The van der Waals surface area contributed by atoms with Crippen molar-refractivity contribution >= 4 is 11.9 Å². The van der Waals surface area contributed by atoms with Crippen molar-refractivity contribution in [1.82, 2.24) is 5.32 Å². The highest BCUT2D eigenvalue weighted by molar-refractivity contribution is 5.94. The molecule has 1 amide bonds. The molecule has 7 heteroatoms. The lowest BCUT2D eigenvalue weighted by molar-refractivity contribution is -0.139. The summed E-state index contributed by atoms with van der Waals surface area (Å²) < 4.78 is 11.5. The summed E-state index contributed by atoms with van der Waals surface area (Å²) in [4.78, 5) is 24.1. The molecule has 172 valence electrons. The molecule has 2 atom stereocenters. The zero-order chi connectivity index (χ0) is 24.1. The van der Waals surface area contributed by atoms with E-state index < -0.39 is 11.9 Å². The molecule has 0 bridgehead atoms. The minimum absolute atomic E-state index is 0.184. The van der Waals surface area contributed by atoms with Gasteiger partial charge in [-0.1, -0.05) is 37.3 Å². The first-order chi connectivity index (χ1) is 16.5. The lowest BCUT2D eigenvalue weighted by Gasteiger charge is -2.24. The SMILES string of the molecule is C[C@@H](CNC(=O)c1ccc(Oc2cc3c(cc2C#N)C(C(=O)O)CCO3)cc1)c1ccccc1. The molecule has 1 heterocycles. The van der Waals surface area contributed by atoms with E-state index >= 15 is 0 Å². The Bertz CT molecular complexity index is 1230. The molecule has 0 fully saturated rings. The Morgan fingerprint density at radius 3 is 2.59 bits per heavy atom. The van der Waals surface area contributed by atoms with E-state index in [1.807, 2.05) is 30.3 Å². The fourth-order valence-corrected chi connectivity index (χ4v) is 3.89. The number of fused-ring (bicyclic) bond motifs is 1. The molecule has 3 aromatic rings. The highest BCUT2D eigenvalue weighted by Crippen LogP contribution is 2.39. The zero-order valence-electron chi connectivity index (χ0n) is 18.7. The Kier molecular flexibility index (Phi) is 6.79. The maximum Gasteiger partial charge on any atom is 0.311 e. The number of nitriles is 1. The van der Waals surface area contributed by atoms with E-state index in [9.17, 15) is 20.0 Å². The summed E-state index contributed by atoms with van der Waals surface area (Å²) >= 11 is 0. The Labute approximate surface area is 197 Å². The second kappa shape index (κ2) is 10.1. The molecule has 3 aromatic carbocycles. The number of carbonyl (C=O) groups is 2. The van der Waals surface area contributed by atoms with E-state index in [1.54, 1.807) is 30.3 Å². The smallest absolute Gasteiger partial charge is 0.311 e. The Morgan fingerprint density at radius 1 is 1.18 bits per heavy atom. The van der Waals surface area contributed by atoms with E-state index in [0.717, 1.165) is 5.56 Å². The van der Waals surface area contributed by atoms with Crippen LogP contribution in [0.3, 0.4) is 0 Å². The average Bonchev–Trinajstić information content (AvgIpc) is 2.87. The van der Waals surface area contributed by atoms with Gasteiger partial charge in [0.2, 0.25) is 0 Å². The Morgan fingerprint density at radius 2 is 1.91 bits per heavy atom. The first-order valence-corrected chi connectivity index (χ1v) is 11.0. The van der Waals surface area contributed by atoms with Crippen molar-refractivity contribution in [2.45, 2.75) is 25.2 Å². The predicted molar refractivity (Wildman–Crippen MR) is 125 cm³/mol. The summed E-state index contributed by atoms with van der Waals surface area (Å²) in [5.74, 6) is -0.562. The van der Waals surface area contributed by atoms with Crippen LogP contribution in [0.5, 0.6) is 17.2 Å². The van der Waals surface area contributed by atoms with Crippen molar-refractivity contribution in [2.24, 2.45) is 0 Å². The number of amides is 1. The van der Waals surface area contributed by atoms with Crippen molar-refractivity contribution in [3.05, 3.63) is 89.0 Å². The first-order valence-electron chi connectivity index (χ1n) is 11.0. The summed E-state index contributed by atoms with van der Waals surface area (Å²) in [7, 11) is 0. The van der Waals surface area contributed by atoms with Crippen molar-refractivity contribution in [3.8, 4) is 23.3 Å². The summed E-state index contributed by atoms with van der Waals surface area (Å²) in [5, 5.41) is 21.9. The van der Waals surface area contributed by atoms with Gasteiger partial charge in [-0.15, -0.1) is 0 Å². The van der Waals surface area contributed by atoms with Crippen molar-refractivity contribution in [3.63, 3.8) is 0 Å². The molecule has 4 rings (SSSR count). The number of nitrogens with zero attached hydrogens (tertiary/aromatic N) is 1. The molecule has 0 aromatic heterocycles. The van der Waals surface area contributed by atoms with Gasteiger partial charge in [-0.3, -0.25) is 9.59 Å². The molecular formula is C27H24N2O5. The van der Waals surface area contributed by atoms with Gasteiger partial charge >= 0.3 is 5.97 Å². The highest BCUT2D eigenvalue weighted by atomic mass is 16.5. The first kappa shape index (κ1) is 22.9. The molecule has 1 aliphatic heterocycles. The van der Waals surface area contributed by atoms with Crippen LogP contribution in [-0.4, -0.2) is 30.1 Å². The third-order valence-corrected chi connectivity index (χ3v) is 5.85. The molecular weight excluding hydrogens is 432 g/mol. The molecule has 0 saturated heterocycles. The second-order valence-corrected chi connectivity index (χ2v) is 8.17. The van der Waals surface area contributed by atoms with Crippen molar-refractivity contribution < 1.29 is 24.2 Å². The number of benzene rings is 3. The molecule has 0 spiro atoms. The van der Waals surface area contributed by atoms with Crippen LogP contribution in [0.2, 0.25) is 0 Å². The molecule has 1 aliphatic rings. The van der Waals surface area contributed by atoms with E-state index in [4.69, 9.17) is 9.47 Å².